The number of aromatic nitrogens is 3. The van der Waals surface area contributed by atoms with E-state index in [1.165, 1.54) is 0 Å². The second-order valence-electron chi connectivity index (χ2n) is 6.65. The Bertz CT molecular complexity index is 741. The van der Waals surface area contributed by atoms with Gasteiger partial charge >= 0.3 is 0 Å². The number of nitrogens with one attached hydrogen (secondary N) is 1. The Morgan fingerprint density at radius 3 is 2.72 bits per heavy atom. The molecule has 0 bridgehead atoms. The second kappa shape index (κ2) is 7.46. The van der Waals surface area contributed by atoms with Gasteiger partial charge in [-0.1, -0.05) is 13.8 Å². The van der Waals surface area contributed by atoms with Crippen LogP contribution in [0.15, 0.2) is 36.9 Å². The number of amides is 2. The minimum atomic E-state index is -0.446. The molecule has 1 atom stereocenters. The summed E-state index contributed by atoms with van der Waals surface area (Å²) in [5, 5.41) is 7.18. The average molecular weight is 341 g/mol. The van der Waals surface area contributed by atoms with Crippen LogP contribution < -0.4 is 5.32 Å². The van der Waals surface area contributed by atoms with E-state index in [2.05, 4.69) is 15.4 Å². The van der Waals surface area contributed by atoms with Gasteiger partial charge in [0.15, 0.2) is 0 Å². The summed E-state index contributed by atoms with van der Waals surface area (Å²) < 4.78 is 1.76. The molecule has 1 fully saturated rings. The predicted octanol–water partition coefficient (Wildman–Crippen LogP) is 1.91. The summed E-state index contributed by atoms with van der Waals surface area (Å²) in [6, 6.07) is 3.40. The van der Waals surface area contributed by atoms with Gasteiger partial charge in [-0.25, -0.2) is 0 Å². The summed E-state index contributed by atoms with van der Waals surface area (Å²) >= 11 is 0. The Kier molecular flexibility index (Phi) is 5.11. The quantitative estimate of drug-likeness (QED) is 0.870. The maximum atomic E-state index is 12.7. The maximum absolute atomic E-state index is 12.7. The van der Waals surface area contributed by atoms with Crippen LogP contribution in [0.1, 0.15) is 32.3 Å². The standard InChI is InChI=1S/C18H23N5O2/c1-13(2)17(23-9-3-4-16(23)24)18(25)21-15-10-20-22(12-15)11-14-5-7-19-8-6-14/h5-8,10,12-13,17H,3-4,9,11H2,1-2H3,(H,21,25)/t17-/m0/s1. The number of anilines is 1. The van der Waals surface area contributed by atoms with Crippen molar-refractivity contribution in [1.82, 2.24) is 19.7 Å². The maximum Gasteiger partial charge on any atom is 0.247 e. The molecule has 3 heterocycles. The first-order chi connectivity index (χ1) is 12.0. The Labute approximate surface area is 147 Å². The van der Waals surface area contributed by atoms with Crippen LogP contribution >= 0.6 is 0 Å². The molecular weight excluding hydrogens is 318 g/mol. The molecule has 1 aliphatic rings. The lowest BCUT2D eigenvalue weighted by molar-refractivity contribution is -0.136. The molecule has 0 radical (unpaired) electrons. The third kappa shape index (κ3) is 4.04. The van der Waals surface area contributed by atoms with E-state index in [4.69, 9.17) is 0 Å². The van der Waals surface area contributed by atoms with Crippen LogP contribution in [0.5, 0.6) is 0 Å². The molecule has 1 aliphatic heterocycles. The highest BCUT2D eigenvalue weighted by Crippen LogP contribution is 2.20. The van der Waals surface area contributed by atoms with Gasteiger partial charge < -0.3 is 10.2 Å². The van der Waals surface area contributed by atoms with Gasteiger partial charge in [-0.15, -0.1) is 0 Å². The first kappa shape index (κ1) is 17.1. The summed E-state index contributed by atoms with van der Waals surface area (Å²) in [6.07, 6.45) is 8.24. The average Bonchev–Trinajstić information content (AvgIpc) is 3.18. The summed E-state index contributed by atoms with van der Waals surface area (Å²) in [7, 11) is 0. The summed E-state index contributed by atoms with van der Waals surface area (Å²) in [5.74, 6) is -0.0511. The molecule has 0 spiro atoms. The Hall–Kier alpha value is -2.70. The summed E-state index contributed by atoms with van der Waals surface area (Å²) in [5.41, 5.74) is 1.72. The SMILES string of the molecule is CC(C)[C@@H](C(=O)Nc1cnn(Cc2ccncc2)c1)N1CCCC1=O. The minimum absolute atomic E-state index is 0.0499. The van der Waals surface area contributed by atoms with Crippen molar-refractivity contribution < 1.29 is 9.59 Å². The fourth-order valence-electron chi connectivity index (χ4n) is 3.17. The molecule has 1 N–H and O–H groups in total. The van der Waals surface area contributed by atoms with Gasteiger partial charge in [0.25, 0.3) is 0 Å². The zero-order chi connectivity index (χ0) is 17.8. The monoisotopic (exact) mass is 341 g/mol. The van der Waals surface area contributed by atoms with Crippen molar-refractivity contribution in [2.45, 2.75) is 39.3 Å². The lowest BCUT2D eigenvalue weighted by Gasteiger charge is -2.29. The molecule has 2 aromatic heterocycles. The van der Waals surface area contributed by atoms with Gasteiger partial charge in [0.2, 0.25) is 11.8 Å². The van der Waals surface area contributed by atoms with Gasteiger partial charge in [-0.2, -0.15) is 5.10 Å². The zero-order valence-corrected chi connectivity index (χ0v) is 14.6. The number of carbonyl (C=O) groups excluding carboxylic acids is 2. The topological polar surface area (TPSA) is 80.1 Å². The molecule has 7 heteroatoms. The van der Waals surface area contributed by atoms with Crippen LogP contribution in [0, 0.1) is 5.92 Å². The van der Waals surface area contributed by atoms with Crippen LogP contribution in [-0.2, 0) is 16.1 Å². The first-order valence-corrected chi connectivity index (χ1v) is 8.56. The van der Waals surface area contributed by atoms with Gasteiger partial charge in [0.1, 0.15) is 6.04 Å². The summed E-state index contributed by atoms with van der Waals surface area (Å²) in [4.78, 5) is 30.4. The molecule has 0 saturated carbocycles. The molecule has 0 aliphatic carbocycles. The van der Waals surface area contributed by atoms with Crippen LogP contribution in [0.2, 0.25) is 0 Å². The van der Waals surface area contributed by atoms with Gasteiger partial charge in [-0.05, 0) is 30.0 Å². The lowest BCUT2D eigenvalue weighted by atomic mass is 10.0. The zero-order valence-electron chi connectivity index (χ0n) is 14.6. The molecule has 0 unspecified atom stereocenters. The number of rotatable bonds is 6. The molecule has 2 amide bonds. The minimum Gasteiger partial charge on any atom is -0.330 e. The summed E-state index contributed by atoms with van der Waals surface area (Å²) in [6.45, 7) is 5.18. The van der Waals surface area contributed by atoms with Crippen LogP contribution in [0.25, 0.3) is 0 Å². The third-order valence-corrected chi connectivity index (χ3v) is 4.34. The van der Waals surface area contributed by atoms with Crippen molar-refractivity contribution in [3.05, 3.63) is 42.5 Å². The molecule has 1 saturated heterocycles. The Morgan fingerprint density at radius 2 is 2.08 bits per heavy atom. The molecule has 3 rings (SSSR count). The van der Waals surface area contributed by atoms with E-state index < -0.39 is 6.04 Å². The van der Waals surface area contributed by atoms with Crippen LogP contribution in [0.3, 0.4) is 0 Å². The lowest BCUT2D eigenvalue weighted by Crippen LogP contribution is -2.47. The van der Waals surface area contributed by atoms with Gasteiger partial charge in [0, 0.05) is 31.6 Å². The molecule has 25 heavy (non-hydrogen) atoms. The van der Waals surface area contributed by atoms with Crippen molar-refractivity contribution in [3.63, 3.8) is 0 Å². The number of hydrogen-bond acceptors (Lipinski definition) is 4. The van der Waals surface area contributed by atoms with E-state index in [9.17, 15) is 9.59 Å². The van der Waals surface area contributed by atoms with Crippen LogP contribution in [0.4, 0.5) is 5.69 Å². The number of carbonyl (C=O) groups is 2. The van der Waals surface area contributed by atoms with E-state index in [1.54, 1.807) is 34.4 Å². The fraction of sp³-hybridized carbons (Fsp3) is 0.444. The van der Waals surface area contributed by atoms with Crippen molar-refractivity contribution >= 4 is 17.5 Å². The van der Waals surface area contributed by atoms with Gasteiger partial charge in [-0.3, -0.25) is 19.3 Å². The number of hydrogen-bond donors (Lipinski definition) is 1. The first-order valence-electron chi connectivity index (χ1n) is 8.56. The number of pyridine rings is 1. The highest BCUT2D eigenvalue weighted by molar-refractivity contribution is 5.97. The molecule has 132 valence electrons. The predicted molar refractivity (Wildman–Crippen MR) is 93.8 cm³/mol. The largest absolute Gasteiger partial charge is 0.330 e. The van der Waals surface area contributed by atoms with Crippen molar-refractivity contribution in [3.8, 4) is 0 Å². The van der Waals surface area contributed by atoms with Crippen molar-refractivity contribution in [2.75, 3.05) is 11.9 Å². The fourth-order valence-corrected chi connectivity index (χ4v) is 3.17. The molecule has 2 aromatic rings. The molecular formula is C18H23N5O2. The Balaban J connectivity index is 1.66. The normalized spacial score (nSPS) is 15.6. The van der Waals surface area contributed by atoms with Crippen LogP contribution in [-0.4, -0.2) is 44.1 Å². The second-order valence-corrected chi connectivity index (χ2v) is 6.65. The van der Waals surface area contributed by atoms with E-state index in [1.807, 2.05) is 26.0 Å². The number of likely N-dealkylation sites (tertiary alicyclic amines) is 1. The van der Waals surface area contributed by atoms with Gasteiger partial charge in [0.05, 0.1) is 18.4 Å². The number of nitrogens with zero attached hydrogens (tertiary/aromatic N) is 4. The van der Waals surface area contributed by atoms with Crippen molar-refractivity contribution in [2.24, 2.45) is 5.92 Å². The molecule has 0 aromatic carbocycles. The van der Waals surface area contributed by atoms with E-state index in [0.717, 1.165) is 12.0 Å². The third-order valence-electron chi connectivity index (χ3n) is 4.34. The van der Waals surface area contributed by atoms with Crippen molar-refractivity contribution in [1.29, 1.82) is 0 Å². The van der Waals surface area contributed by atoms with E-state index in [-0.39, 0.29) is 17.7 Å². The molecule has 7 nitrogen and oxygen atoms in total. The highest BCUT2D eigenvalue weighted by Gasteiger charge is 2.35. The van der Waals surface area contributed by atoms with E-state index in [0.29, 0.717) is 25.2 Å². The smallest absolute Gasteiger partial charge is 0.247 e. The Morgan fingerprint density at radius 1 is 1.32 bits per heavy atom. The highest BCUT2D eigenvalue weighted by atomic mass is 16.2. The van der Waals surface area contributed by atoms with E-state index >= 15 is 0 Å².